The molecule has 19 heteroatoms. The smallest absolute Gasteiger partial charge is 0.368 e. The number of nitrogens with zero attached hydrogens (tertiary/aromatic N) is 9. The lowest BCUT2D eigenvalue weighted by molar-refractivity contribution is -0.138. The fraction of sp³-hybridized carbons (Fsp3) is 0.383. The topological polar surface area (TPSA) is 139 Å². The van der Waals surface area contributed by atoms with E-state index < -0.39 is 29.5 Å². The molecule has 13 nitrogen and oxygen atoms in total. The molecule has 2 saturated heterocycles. The second kappa shape index (κ2) is 19.0. The molecule has 6 heterocycles. The number of benzene rings is 2. The summed E-state index contributed by atoms with van der Waals surface area (Å²) in [7, 11) is 0. The van der Waals surface area contributed by atoms with Gasteiger partial charge in [0.2, 0.25) is 0 Å². The maximum absolute atomic E-state index is 14.7. The normalized spacial score (nSPS) is 19.2. The number of halogens is 6. The molecule has 0 spiro atoms. The van der Waals surface area contributed by atoms with E-state index in [9.17, 15) is 35.9 Å². The van der Waals surface area contributed by atoms with Crippen molar-refractivity contribution in [3.05, 3.63) is 137 Å². The standard InChI is InChI=1S/C47H49F6N11O2/c1-29-8-12-38(61-19-16-54-28-61)36(20-29)44(65)63-18-5-7-32(41(63)27-58-43-15-11-34(24-56-43)47(51,52)53)22-35-25-59-64(60-35)39-13-9-30(2)21-37(39)45(66)62-17-4-6-31(3)40(62)26-57-42-14-10-33(23-55-42)46(48,49)50/h8-16,19-21,23-25,28,31-32,40-41H,4-7,17-18,22,26-27H2,1-3H3,(H,55,57)(H,56,58)/t31-,32+,40?,41?/m1/s1. The van der Waals surface area contributed by atoms with E-state index in [1.165, 1.54) is 16.9 Å². The van der Waals surface area contributed by atoms with Crippen molar-refractivity contribution >= 4 is 23.5 Å². The minimum Gasteiger partial charge on any atom is -0.368 e. The molecule has 0 radical (unpaired) electrons. The lowest BCUT2D eigenvalue weighted by Gasteiger charge is -2.42. The molecule has 2 N–H and O–H groups in total. The molecule has 66 heavy (non-hydrogen) atoms. The Kier molecular flexibility index (Phi) is 13.2. The van der Waals surface area contributed by atoms with Gasteiger partial charge in [-0.2, -0.15) is 41.3 Å². The van der Waals surface area contributed by atoms with Crippen LogP contribution < -0.4 is 10.6 Å². The first-order valence-corrected chi connectivity index (χ1v) is 21.8. The minimum atomic E-state index is -4.54. The molecule has 0 saturated carbocycles. The highest BCUT2D eigenvalue weighted by Gasteiger charge is 2.38. The number of nitrogens with one attached hydrogen (secondary N) is 2. The molecule has 4 atom stereocenters. The highest BCUT2D eigenvalue weighted by Crippen LogP contribution is 2.34. The Morgan fingerprint density at radius 2 is 1.27 bits per heavy atom. The van der Waals surface area contributed by atoms with Gasteiger partial charge in [0.25, 0.3) is 11.8 Å². The average molecular weight is 914 g/mol. The van der Waals surface area contributed by atoms with Crippen LogP contribution in [0.3, 0.4) is 0 Å². The maximum Gasteiger partial charge on any atom is 0.417 e. The monoisotopic (exact) mass is 913 g/mol. The number of piperidine rings is 2. The van der Waals surface area contributed by atoms with E-state index in [2.05, 4.69) is 30.7 Å². The molecule has 2 unspecified atom stereocenters. The Morgan fingerprint density at radius 1 is 0.712 bits per heavy atom. The first-order valence-electron chi connectivity index (χ1n) is 21.8. The Balaban J connectivity index is 1.04. The second-order valence-corrected chi connectivity index (χ2v) is 17.1. The number of amides is 2. The summed E-state index contributed by atoms with van der Waals surface area (Å²) in [6.45, 7) is 7.22. The molecule has 0 aliphatic carbocycles. The van der Waals surface area contributed by atoms with E-state index in [1.807, 2.05) is 49.9 Å². The number of carbonyl (C=O) groups is 2. The van der Waals surface area contributed by atoms with Gasteiger partial charge in [0, 0.05) is 51.0 Å². The number of anilines is 2. The summed E-state index contributed by atoms with van der Waals surface area (Å²) < 4.78 is 81.4. The summed E-state index contributed by atoms with van der Waals surface area (Å²) in [6, 6.07) is 14.9. The quantitative estimate of drug-likeness (QED) is 0.115. The zero-order valence-corrected chi connectivity index (χ0v) is 36.5. The molecule has 346 valence electrons. The van der Waals surface area contributed by atoms with Gasteiger partial charge in [0.15, 0.2) is 0 Å². The van der Waals surface area contributed by atoms with Crippen LogP contribution in [-0.2, 0) is 18.8 Å². The first kappa shape index (κ1) is 45.8. The molecule has 4 aromatic heterocycles. The summed E-state index contributed by atoms with van der Waals surface area (Å²) >= 11 is 0. The largest absolute Gasteiger partial charge is 0.417 e. The highest BCUT2D eigenvalue weighted by atomic mass is 19.4. The van der Waals surface area contributed by atoms with Crippen LogP contribution in [0.4, 0.5) is 38.0 Å². The van der Waals surface area contributed by atoms with E-state index in [0.717, 1.165) is 48.5 Å². The number of hydrogen-bond donors (Lipinski definition) is 2. The minimum absolute atomic E-state index is 0.0788. The Bertz CT molecular complexity index is 2630. The SMILES string of the molecule is Cc1ccc(-n2ccnc2)c(C(=O)N2CCC[C@@H](Cc3cnn(-c4ccc(C)cc4C(=O)N4CCC[C@@H](C)C4CNc4ccc(C(F)(F)F)cn4)n3)C2CNc2ccc(C(F)(F)F)cn2)c1. The summed E-state index contributed by atoms with van der Waals surface area (Å²) in [4.78, 5) is 46.5. The number of rotatable bonds is 12. The predicted octanol–water partition coefficient (Wildman–Crippen LogP) is 8.83. The van der Waals surface area contributed by atoms with E-state index in [0.29, 0.717) is 60.5 Å². The van der Waals surface area contributed by atoms with Gasteiger partial charge in [0.05, 0.1) is 63.9 Å². The molecule has 6 aromatic rings. The second-order valence-electron chi connectivity index (χ2n) is 17.1. The van der Waals surface area contributed by atoms with Crippen molar-refractivity contribution in [3.8, 4) is 11.4 Å². The summed E-state index contributed by atoms with van der Waals surface area (Å²) in [5, 5.41) is 15.8. The van der Waals surface area contributed by atoms with Crippen LogP contribution in [0.5, 0.6) is 0 Å². The van der Waals surface area contributed by atoms with Gasteiger partial charge in [-0.15, -0.1) is 0 Å². The van der Waals surface area contributed by atoms with Crippen molar-refractivity contribution in [2.24, 2.45) is 11.8 Å². The number of aryl methyl sites for hydroxylation is 2. The van der Waals surface area contributed by atoms with Gasteiger partial charge in [-0.25, -0.2) is 15.0 Å². The zero-order chi connectivity index (χ0) is 46.8. The third-order valence-corrected chi connectivity index (χ3v) is 12.5. The average Bonchev–Trinajstić information content (AvgIpc) is 4.01. The molecule has 2 fully saturated rings. The fourth-order valence-corrected chi connectivity index (χ4v) is 8.99. The predicted molar refractivity (Wildman–Crippen MR) is 234 cm³/mol. The summed E-state index contributed by atoms with van der Waals surface area (Å²) in [6.07, 6.45) is 2.59. The lowest BCUT2D eigenvalue weighted by atomic mass is 9.85. The maximum atomic E-state index is 14.7. The van der Waals surface area contributed by atoms with Crippen molar-refractivity contribution in [1.29, 1.82) is 0 Å². The van der Waals surface area contributed by atoms with Gasteiger partial charge in [-0.1, -0.05) is 30.2 Å². The van der Waals surface area contributed by atoms with Crippen LogP contribution in [-0.4, -0.2) is 94.4 Å². The number of alkyl halides is 6. The van der Waals surface area contributed by atoms with Gasteiger partial charge in [-0.05, 0) is 106 Å². The van der Waals surface area contributed by atoms with Gasteiger partial charge in [0.1, 0.15) is 11.6 Å². The third-order valence-electron chi connectivity index (χ3n) is 12.5. The van der Waals surface area contributed by atoms with Crippen LogP contribution in [0, 0.1) is 25.7 Å². The Hall–Kier alpha value is -6.79. The third kappa shape index (κ3) is 10.2. The molecular weight excluding hydrogens is 865 g/mol. The first-order chi connectivity index (χ1) is 31.5. The van der Waals surface area contributed by atoms with Crippen LogP contribution in [0.2, 0.25) is 0 Å². The molecule has 2 aromatic carbocycles. The molecule has 2 amide bonds. The van der Waals surface area contributed by atoms with Crippen molar-refractivity contribution in [1.82, 2.24) is 44.3 Å². The van der Waals surface area contributed by atoms with E-state index in [-0.39, 0.29) is 54.4 Å². The van der Waals surface area contributed by atoms with E-state index >= 15 is 0 Å². The zero-order valence-electron chi connectivity index (χ0n) is 36.5. The number of hydrogen-bond acceptors (Lipinski definition) is 9. The summed E-state index contributed by atoms with van der Waals surface area (Å²) in [5.41, 5.74) is 2.61. The number of imidazole rings is 1. The molecule has 2 aliphatic rings. The Labute approximate surface area is 377 Å². The van der Waals surface area contributed by atoms with Crippen LogP contribution in [0.1, 0.15) is 81.3 Å². The van der Waals surface area contributed by atoms with Crippen molar-refractivity contribution < 1.29 is 35.9 Å². The van der Waals surface area contributed by atoms with Crippen LogP contribution in [0.25, 0.3) is 11.4 Å². The number of aromatic nitrogens is 7. The Morgan fingerprint density at radius 3 is 1.83 bits per heavy atom. The summed E-state index contributed by atoms with van der Waals surface area (Å²) in [5.74, 6) is -0.0299. The molecule has 2 aliphatic heterocycles. The molecule has 8 rings (SSSR count). The molecule has 0 bridgehead atoms. The van der Waals surface area contributed by atoms with Crippen molar-refractivity contribution in [3.63, 3.8) is 0 Å². The fourth-order valence-electron chi connectivity index (χ4n) is 8.99. The van der Waals surface area contributed by atoms with Crippen molar-refractivity contribution in [2.75, 3.05) is 36.8 Å². The van der Waals surface area contributed by atoms with Gasteiger partial charge in [-0.3, -0.25) is 9.59 Å². The van der Waals surface area contributed by atoms with Crippen LogP contribution >= 0.6 is 0 Å². The van der Waals surface area contributed by atoms with Gasteiger partial charge >= 0.3 is 12.4 Å². The number of pyridine rings is 2. The highest BCUT2D eigenvalue weighted by molar-refractivity contribution is 5.99. The van der Waals surface area contributed by atoms with Gasteiger partial charge < -0.3 is 25.0 Å². The van der Waals surface area contributed by atoms with E-state index in [1.54, 1.807) is 46.5 Å². The van der Waals surface area contributed by atoms with Crippen LogP contribution in [0.15, 0.2) is 98.0 Å². The van der Waals surface area contributed by atoms with E-state index in [4.69, 9.17) is 5.10 Å². The lowest BCUT2D eigenvalue weighted by Crippen LogP contribution is -2.52. The number of carbonyl (C=O) groups excluding carboxylic acids is 2. The van der Waals surface area contributed by atoms with Crippen molar-refractivity contribution in [2.45, 2.75) is 77.3 Å². The number of likely N-dealkylation sites (tertiary alicyclic amines) is 2. The molecular formula is C47H49F6N11O2.